The number of rotatable bonds is 7. The number of imidazole rings is 1. The Hall–Kier alpha value is -2.87. The maximum Gasteiger partial charge on any atom is 0.329 e. The van der Waals surface area contributed by atoms with E-state index in [-0.39, 0.29) is 23.3 Å². The predicted octanol–water partition coefficient (Wildman–Crippen LogP) is 4.64. The van der Waals surface area contributed by atoms with E-state index in [1.165, 1.54) is 4.90 Å². The number of benzene rings is 1. The van der Waals surface area contributed by atoms with Crippen LogP contribution in [0.5, 0.6) is 0 Å². The van der Waals surface area contributed by atoms with E-state index >= 15 is 0 Å². The minimum absolute atomic E-state index is 0.146. The largest absolute Gasteiger partial charge is 0.458 e. The topological polar surface area (TPSA) is 93.5 Å². The molecule has 0 saturated heterocycles. The van der Waals surface area contributed by atoms with Crippen molar-refractivity contribution in [1.29, 1.82) is 0 Å². The molecule has 0 spiro atoms. The Morgan fingerprint density at radius 2 is 1.97 bits per heavy atom. The third-order valence-corrected chi connectivity index (χ3v) is 6.36. The Balaban J connectivity index is 1.98. The number of ether oxygens (including phenoxy) is 1. The van der Waals surface area contributed by atoms with Crippen LogP contribution in [-0.4, -0.2) is 46.0 Å². The van der Waals surface area contributed by atoms with E-state index in [1.807, 2.05) is 18.4 Å². The first-order valence-electron chi connectivity index (χ1n) is 12.1. The molecule has 2 heterocycles. The molecule has 1 aromatic heterocycles. The van der Waals surface area contributed by atoms with Gasteiger partial charge >= 0.3 is 5.97 Å². The van der Waals surface area contributed by atoms with Gasteiger partial charge in [-0.25, -0.2) is 9.78 Å². The third-order valence-electron chi connectivity index (χ3n) is 6.13. The summed E-state index contributed by atoms with van der Waals surface area (Å²) in [6, 6.07) is 5.81. The lowest BCUT2D eigenvalue weighted by Gasteiger charge is -2.28. The number of anilines is 1. The number of carbonyl (C=O) groups is 3. The van der Waals surface area contributed by atoms with Gasteiger partial charge in [-0.05, 0) is 57.7 Å². The Bertz CT molecular complexity index is 1110. The molecule has 2 atom stereocenters. The molecule has 8 nitrogen and oxygen atoms in total. The second-order valence-corrected chi connectivity index (χ2v) is 10.5. The van der Waals surface area contributed by atoms with Gasteiger partial charge in [0.1, 0.15) is 17.5 Å². The van der Waals surface area contributed by atoms with Crippen LogP contribution in [0.15, 0.2) is 24.3 Å². The lowest BCUT2D eigenvalue weighted by molar-refractivity contribution is -0.158. The summed E-state index contributed by atoms with van der Waals surface area (Å²) in [5.74, 6) is -0.406. The maximum absolute atomic E-state index is 13.7. The average Bonchev–Trinajstić information content (AvgIpc) is 3.19. The predicted molar refractivity (Wildman–Crippen MR) is 136 cm³/mol. The van der Waals surface area contributed by atoms with Gasteiger partial charge < -0.3 is 14.6 Å². The number of nitrogens with one attached hydrogen (secondary N) is 1. The van der Waals surface area contributed by atoms with Crippen LogP contribution in [0.2, 0.25) is 5.02 Å². The van der Waals surface area contributed by atoms with Crippen molar-refractivity contribution in [1.82, 2.24) is 14.9 Å². The highest BCUT2D eigenvalue weighted by molar-refractivity contribution is 6.31. The number of hydrogen-bond acceptors (Lipinski definition) is 5. The van der Waals surface area contributed by atoms with Gasteiger partial charge in [-0.15, -0.1) is 0 Å². The highest BCUT2D eigenvalue weighted by Gasteiger charge is 2.35. The quantitative estimate of drug-likeness (QED) is 0.557. The van der Waals surface area contributed by atoms with E-state index in [1.54, 1.807) is 52.1 Å². The molecule has 1 aromatic carbocycles. The molecular weight excluding hydrogens is 468 g/mol. The first-order valence-corrected chi connectivity index (χ1v) is 12.5. The summed E-state index contributed by atoms with van der Waals surface area (Å²) in [5.41, 5.74) is -0.0177. The van der Waals surface area contributed by atoms with Gasteiger partial charge in [0.2, 0.25) is 0 Å². The summed E-state index contributed by atoms with van der Waals surface area (Å²) in [6.07, 6.45) is 3.24. The minimum Gasteiger partial charge on any atom is -0.458 e. The van der Waals surface area contributed by atoms with Crippen LogP contribution in [0.1, 0.15) is 80.6 Å². The molecule has 35 heavy (non-hydrogen) atoms. The molecule has 190 valence electrons. The van der Waals surface area contributed by atoms with Gasteiger partial charge in [-0.3, -0.25) is 14.5 Å². The van der Waals surface area contributed by atoms with E-state index in [4.69, 9.17) is 16.3 Å². The van der Waals surface area contributed by atoms with Crippen LogP contribution >= 0.6 is 11.6 Å². The van der Waals surface area contributed by atoms with Gasteiger partial charge in [-0.2, -0.15) is 0 Å². The Morgan fingerprint density at radius 1 is 1.26 bits per heavy atom. The summed E-state index contributed by atoms with van der Waals surface area (Å²) >= 11 is 6.08. The monoisotopic (exact) mass is 502 g/mol. The number of fused-ring (bicyclic) bond motifs is 1. The maximum atomic E-state index is 13.7. The molecule has 0 radical (unpaired) electrons. The second kappa shape index (κ2) is 10.8. The summed E-state index contributed by atoms with van der Waals surface area (Å²) in [6.45, 7) is 9.85. The van der Waals surface area contributed by atoms with Gasteiger partial charge in [0, 0.05) is 30.6 Å². The van der Waals surface area contributed by atoms with Crippen molar-refractivity contribution in [2.75, 3.05) is 11.9 Å². The molecule has 2 amide bonds. The number of aryl methyl sites for hydroxylation is 1. The lowest BCUT2D eigenvalue weighted by Crippen LogP contribution is -2.48. The number of esters is 1. The smallest absolute Gasteiger partial charge is 0.329 e. The number of halogens is 1. The Morgan fingerprint density at radius 3 is 2.60 bits per heavy atom. The molecule has 9 heteroatoms. The van der Waals surface area contributed by atoms with Crippen molar-refractivity contribution in [2.24, 2.45) is 5.92 Å². The van der Waals surface area contributed by atoms with E-state index < -0.39 is 23.5 Å². The average molecular weight is 503 g/mol. The van der Waals surface area contributed by atoms with E-state index in [2.05, 4.69) is 10.3 Å². The van der Waals surface area contributed by atoms with Gasteiger partial charge in [0.25, 0.3) is 11.8 Å². The number of nitrogens with zero attached hydrogens (tertiary/aromatic N) is 3. The zero-order valence-electron chi connectivity index (χ0n) is 21.4. The van der Waals surface area contributed by atoms with Crippen molar-refractivity contribution >= 4 is 35.2 Å². The summed E-state index contributed by atoms with van der Waals surface area (Å²) < 4.78 is 7.45. The highest BCUT2D eigenvalue weighted by atomic mass is 35.5. The Kier molecular flexibility index (Phi) is 8.26. The summed E-state index contributed by atoms with van der Waals surface area (Å²) in [5, 5.41) is 3.34. The van der Waals surface area contributed by atoms with Crippen molar-refractivity contribution in [3.8, 4) is 0 Å². The molecule has 1 aliphatic rings. The fourth-order valence-electron chi connectivity index (χ4n) is 4.08. The molecule has 1 aliphatic heterocycles. The minimum atomic E-state index is -0.830. The van der Waals surface area contributed by atoms with Crippen molar-refractivity contribution in [3.05, 3.63) is 46.4 Å². The summed E-state index contributed by atoms with van der Waals surface area (Å²) in [7, 11) is 1.59. The fraction of sp³-hybridized carbons (Fsp3) is 0.538. The summed E-state index contributed by atoms with van der Waals surface area (Å²) in [4.78, 5) is 45.9. The third kappa shape index (κ3) is 6.23. The van der Waals surface area contributed by atoms with Crippen molar-refractivity contribution in [3.63, 3.8) is 0 Å². The zero-order valence-corrected chi connectivity index (χ0v) is 22.1. The molecule has 0 aliphatic carbocycles. The first-order chi connectivity index (χ1) is 16.4. The Labute approximate surface area is 212 Å². The van der Waals surface area contributed by atoms with Crippen LogP contribution in [0.3, 0.4) is 0 Å². The van der Waals surface area contributed by atoms with E-state index in [9.17, 15) is 14.4 Å². The molecule has 3 rings (SSSR count). The lowest BCUT2D eigenvalue weighted by atomic mass is 9.98. The number of aromatic nitrogens is 2. The fourth-order valence-corrected chi connectivity index (χ4v) is 4.27. The van der Waals surface area contributed by atoms with Crippen LogP contribution in [0, 0.1) is 5.92 Å². The standard InChI is InChI=1S/C26H35ClN4O4/c1-7-16(2)20(25(34)35-26(3,4)5)29-23(32)21-22(28-19-13-8-9-14-31(19)21)30(6)24(33)17-11-10-12-18(27)15-17/h10-12,15-16,20H,7-9,13-14H2,1-6H3,(H,29,32). The highest BCUT2D eigenvalue weighted by Crippen LogP contribution is 2.28. The van der Waals surface area contributed by atoms with Crippen molar-refractivity contribution in [2.45, 2.75) is 78.5 Å². The van der Waals surface area contributed by atoms with Crippen LogP contribution < -0.4 is 10.2 Å². The van der Waals surface area contributed by atoms with E-state index in [0.29, 0.717) is 30.0 Å². The second-order valence-electron chi connectivity index (χ2n) is 10.1. The first kappa shape index (κ1) is 26.7. The van der Waals surface area contributed by atoms with E-state index in [0.717, 1.165) is 18.7 Å². The van der Waals surface area contributed by atoms with Gasteiger partial charge in [-0.1, -0.05) is 37.9 Å². The van der Waals surface area contributed by atoms with Crippen molar-refractivity contribution < 1.29 is 19.1 Å². The molecule has 0 saturated carbocycles. The number of hydrogen-bond donors (Lipinski definition) is 1. The SMILES string of the molecule is CCC(C)C(NC(=O)c1c(N(C)C(=O)c2cccc(Cl)c2)nc2n1CCCC2)C(=O)OC(C)(C)C. The van der Waals surface area contributed by atoms with Crippen LogP contribution in [0.25, 0.3) is 0 Å². The number of amides is 2. The normalized spacial score (nSPS) is 15.1. The van der Waals surface area contributed by atoms with Crippen LogP contribution in [-0.2, 0) is 22.5 Å². The molecule has 0 bridgehead atoms. The zero-order chi connectivity index (χ0) is 25.9. The number of carbonyl (C=O) groups excluding carboxylic acids is 3. The molecule has 0 fully saturated rings. The van der Waals surface area contributed by atoms with Gasteiger partial charge in [0.05, 0.1) is 0 Å². The molecule has 1 N–H and O–H groups in total. The molecular formula is C26H35ClN4O4. The van der Waals surface area contributed by atoms with Crippen LogP contribution in [0.4, 0.5) is 5.82 Å². The molecule has 2 unspecified atom stereocenters. The molecule has 2 aromatic rings. The van der Waals surface area contributed by atoms with Gasteiger partial charge in [0.15, 0.2) is 11.5 Å².